The highest BCUT2D eigenvalue weighted by molar-refractivity contribution is 7.86. The molecule has 2 aromatic carbocycles. The summed E-state index contributed by atoms with van der Waals surface area (Å²) in [6.45, 7) is 13.0. The van der Waals surface area contributed by atoms with Crippen LogP contribution in [0.15, 0.2) is 59.2 Å². The van der Waals surface area contributed by atoms with Crippen molar-refractivity contribution >= 4 is 55.2 Å². The van der Waals surface area contributed by atoms with Crippen LogP contribution in [-0.2, 0) is 40.6 Å². The molecule has 312 valence electrons. The van der Waals surface area contributed by atoms with Gasteiger partial charge in [-0.25, -0.2) is 4.79 Å². The molecule has 0 unspecified atom stereocenters. The predicted octanol–water partition coefficient (Wildman–Crippen LogP) is 6.57. The minimum atomic E-state index is -4.81. The van der Waals surface area contributed by atoms with E-state index in [0.717, 1.165) is 35.9 Å². The van der Waals surface area contributed by atoms with Crippen molar-refractivity contribution in [2.75, 3.05) is 36.9 Å². The second kappa shape index (κ2) is 18.5. The lowest BCUT2D eigenvalue weighted by Gasteiger charge is -2.27. The van der Waals surface area contributed by atoms with Crippen LogP contribution >= 0.6 is 0 Å². The molecule has 2 aromatic rings. The standard InChI is InChI=1S/C41H55N3O11S2/c1-7-9-22-43-31-17-13-16-29(39(48)55-24-8-2)36(31)40(3,4)33(43)18-14-19-34-41(5,6)37-30(38(47)42-21-12-10-11-20-35(45)46)26-28(57(52,53)54)27-32(37)44(34)23-15-25-56(49,50)51/h13-14,16-19,26-27H,7-12,15,20-25H2,1-6H3,(H3-,42,45,46,47,49,50,51,52,53,54)/p+1. The van der Waals surface area contributed by atoms with Crippen LogP contribution in [0.1, 0.15) is 125 Å². The Morgan fingerprint density at radius 3 is 2.25 bits per heavy atom. The number of rotatable bonds is 20. The smallest absolute Gasteiger partial charge is 0.338 e. The highest BCUT2D eigenvalue weighted by Crippen LogP contribution is 2.50. The quantitative estimate of drug-likeness (QED) is 0.0484. The summed E-state index contributed by atoms with van der Waals surface area (Å²) in [6.07, 6.45) is 9.53. The zero-order valence-corrected chi connectivity index (χ0v) is 35.3. The van der Waals surface area contributed by atoms with Crippen LogP contribution in [0, 0.1) is 0 Å². The normalized spacial score (nSPS) is 16.6. The van der Waals surface area contributed by atoms with Crippen molar-refractivity contribution in [1.82, 2.24) is 5.32 Å². The van der Waals surface area contributed by atoms with Gasteiger partial charge in [0.25, 0.3) is 26.1 Å². The van der Waals surface area contributed by atoms with Gasteiger partial charge >= 0.3 is 11.9 Å². The van der Waals surface area contributed by atoms with Crippen molar-refractivity contribution in [3.63, 3.8) is 0 Å². The molecular weight excluding hydrogens is 775 g/mol. The Labute approximate surface area is 336 Å². The van der Waals surface area contributed by atoms with Crippen molar-refractivity contribution < 1.29 is 54.7 Å². The molecule has 2 aliphatic rings. The van der Waals surface area contributed by atoms with Crippen LogP contribution in [0.3, 0.4) is 0 Å². The van der Waals surface area contributed by atoms with Gasteiger partial charge in [0.15, 0.2) is 5.71 Å². The number of fused-ring (bicyclic) bond motifs is 2. The summed E-state index contributed by atoms with van der Waals surface area (Å²) in [5.74, 6) is -2.48. The minimum Gasteiger partial charge on any atom is -0.481 e. The van der Waals surface area contributed by atoms with Gasteiger partial charge in [-0.3, -0.25) is 18.7 Å². The lowest BCUT2D eigenvalue weighted by molar-refractivity contribution is -0.438. The van der Waals surface area contributed by atoms with E-state index in [1.165, 1.54) is 6.07 Å². The third-order valence-electron chi connectivity index (χ3n) is 10.4. The lowest BCUT2D eigenvalue weighted by Crippen LogP contribution is -2.30. The number of hydrogen-bond donors (Lipinski definition) is 4. The molecule has 4 N–H and O–H groups in total. The highest BCUT2D eigenvalue weighted by Gasteiger charge is 2.47. The summed E-state index contributed by atoms with van der Waals surface area (Å²) in [7, 11) is -9.16. The van der Waals surface area contributed by atoms with Crippen LogP contribution in [0.2, 0.25) is 0 Å². The maximum atomic E-state index is 13.8. The van der Waals surface area contributed by atoms with Crippen molar-refractivity contribution in [3.8, 4) is 0 Å². The first kappa shape index (κ1) is 45.3. The highest BCUT2D eigenvalue weighted by atomic mass is 32.2. The van der Waals surface area contributed by atoms with Crippen molar-refractivity contribution in [3.05, 3.63) is 76.5 Å². The lowest BCUT2D eigenvalue weighted by atomic mass is 9.78. The summed E-state index contributed by atoms with van der Waals surface area (Å²) in [5, 5.41) is 11.7. The van der Waals surface area contributed by atoms with E-state index < -0.39 is 59.6 Å². The van der Waals surface area contributed by atoms with Gasteiger partial charge in [-0.2, -0.15) is 21.4 Å². The van der Waals surface area contributed by atoms with E-state index in [-0.39, 0.29) is 37.2 Å². The number of carboxylic acids is 1. The molecule has 0 atom stereocenters. The number of carbonyl (C=O) groups is 3. The monoisotopic (exact) mass is 830 g/mol. The number of ether oxygens (including phenoxy) is 1. The Balaban J connectivity index is 1.84. The van der Waals surface area contributed by atoms with Gasteiger partial charge in [0, 0.05) is 66.0 Å². The van der Waals surface area contributed by atoms with E-state index in [0.29, 0.717) is 55.7 Å². The number of allylic oxidation sites excluding steroid dienone is 4. The number of esters is 1. The molecule has 0 radical (unpaired) electrons. The molecule has 0 aromatic heterocycles. The molecule has 0 bridgehead atoms. The Hall–Kier alpha value is -4.38. The van der Waals surface area contributed by atoms with Gasteiger partial charge in [0.05, 0.1) is 33.8 Å². The summed E-state index contributed by atoms with van der Waals surface area (Å²) < 4.78 is 76.2. The number of nitrogens with zero attached hydrogens (tertiary/aromatic N) is 2. The number of amides is 1. The maximum absolute atomic E-state index is 13.8. The minimum absolute atomic E-state index is 0.00179. The van der Waals surface area contributed by atoms with Crippen LogP contribution in [0.25, 0.3) is 0 Å². The number of anilines is 1. The number of unbranched alkanes of at least 4 members (excludes halogenated alkanes) is 3. The molecule has 0 saturated carbocycles. The molecule has 14 nitrogen and oxygen atoms in total. The van der Waals surface area contributed by atoms with Gasteiger partial charge in [0.2, 0.25) is 5.69 Å². The number of aliphatic carboxylic acids is 1. The molecular formula is C41H56N3O11S2+. The number of carboxylic acid groups (broad SMARTS) is 1. The number of carbonyl (C=O) groups excluding carboxylic acids is 2. The first-order valence-corrected chi connectivity index (χ1v) is 22.4. The molecule has 2 aliphatic heterocycles. The van der Waals surface area contributed by atoms with Gasteiger partial charge in [0.1, 0.15) is 6.54 Å². The largest absolute Gasteiger partial charge is 0.481 e. The van der Waals surface area contributed by atoms with Crippen molar-refractivity contribution in [2.24, 2.45) is 0 Å². The van der Waals surface area contributed by atoms with Crippen LogP contribution in [0.4, 0.5) is 11.4 Å². The second-order valence-electron chi connectivity index (χ2n) is 15.5. The Morgan fingerprint density at radius 1 is 0.895 bits per heavy atom. The average Bonchev–Trinajstić information content (AvgIpc) is 3.47. The Bertz CT molecular complexity index is 2190. The summed E-state index contributed by atoms with van der Waals surface area (Å²) in [5.41, 5.74) is 2.88. The average molecular weight is 831 g/mol. The molecule has 1 amide bonds. The van der Waals surface area contributed by atoms with E-state index in [1.807, 2.05) is 65.0 Å². The molecule has 4 rings (SSSR count). The van der Waals surface area contributed by atoms with Gasteiger partial charge < -0.3 is 20.1 Å². The predicted molar refractivity (Wildman–Crippen MR) is 218 cm³/mol. The Kier molecular flexibility index (Phi) is 14.7. The zero-order valence-electron chi connectivity index (χ0n) is 33.6. The molecule has 0 spiro atoms. The molecule has 0 saturated heterocycles. The fourth-order valence-electron chi connectivity index (χ4n) is 7.76. The van der Waals surface area contributed by atoms with Crippen LogP contribution in [-0.4, -0.2) is 91.2 Å². The fourth-order valence-corrected chi connectivity index (χ4v) is 8.78. The Morgan fingerprint density at radius 2 is 1.61 bits per heavy atom. The summed E-state index contributed by atoms with van der Waals surface area (Å²) >= 11 is 0. The first-order chi connectivity index (χ1) is 26.7. The summed E-state index contributed by atoms with van der Waals surface area (Å²) in [4.78, 5) is 39.1. The van der Waals surface area contributed by atoms with E-state index in [4.69, 9.17) is 9.84 Å². The molecule has 2 heterocycles. The first-order valence-electron chi connectivity index (χ1n) is 19.4. The zero-order chi connectivity index (χ0) is 42.3. The van der Waals surface area contributed by atoms with E-state index in [1.54, 1.807) is 11.0 Å². The third kappa shape index (κ3) is 10.6. The number of benzene rings is 2. The number of nitrogens with one attached hydrogen (secondary N) is 1. The molecule has 57 heavy (non-hydrogen) atoms. The van der Waals surface area contributed by atoms with Crippen LogP contribution in [0.5, 0.6) is 0 Å². The third-order valence-corrected chi connectivity index (χ3v) is 12.0. The molecule has 0 aliphatic carbocycles. The second-order valence-corrected chi connectivity index (χ2v) is 18.5. The van der Waals surface area contributed by atoms with Gasteiger partial charge in [-0.15, -0.1) is 0 Å². The van der Waals surface area contributed by atoms with E-state index in [9.17, 15) is 40.3 Å². The van der Waals surface area contributed by atoms with Crippen molar-refractivity contribution in [2.45, 2.75) is 109 Å². The van der Waals surface area contributed by atoms with Crippen molar-refractivity contribution in [1.29, 1.82) is 0 Å². The fraction of sp³-hybridized carbons (Fsp3) is 0.512. The van der Waals surface area contributed by atoms with Crippen LogP contribution < -0.4 is 10.2 Å². The topological polar surface area (TPSA) is 208 Å². The van der Waals surface area contributed by atoms with Gasteiger partial charge in [-0.05, 0) is 63.8 Å². The number of hydrogen-bond acceptors (Lipinski definition) is 9. The molecule has 16 heteroatoms. The van der Waals surface area contributed by atoms with E-state index >= 15 is 0 Å². The summed E-state index contributed by atoms with van der Waals surface area (Å²) in [6, 6.07) is 7.99. The molecule has 0 fully saturated rings. The SMILES string of the molecule is CCCC[N+]1=C(/C=C/C=C2/N(CCCS(=O)(=O)O)c3cc(S(=O)(=O)O)cc(C(=O)NCCCCCC(=O)O)c3C2(C)C)C(C)(C)c2c(C(=O)OCCC)cccc21. The van der Waals surface area contributed by atoms with E-state index in [2.05, 4.69) is 16.8 Å². The van der Waals surface area contributed by atoms with Gasteiger partial charge in [-0.1, -0.05) is 52.7 Å². The maximum Gasteiger partial charge on any atom is 0.338 e.